The normalized spacial score (nSPS) is 17.4. The number of nitrogens with zero attached hydrogens (tertiary/aromatic N) is 2. The van der Waals surface area contributed by atoms with Gasteiger partial charge in [-0.25, -0.2) is 0 Å². The standard InChI is InChI=1S/C24H30N2O4/c1-4-23(20-10-12-22(13-11-20)30-17-29-19(3)27)24(28)26-15-14-25(16-18(26)2)21-8-6-5-7-9-21/h5-13,18,23H,4,14-17H2,1-3H3. The molecule has 1 fully saturated rings. The van der Waals surface area contributed by atoms with Crippen molar-refractivity contribution in [3.05, 3.63) is 60.2 Å². The average molecular weight is 411 g/mol. The maximum absolute atomic E-state index is 13.3. The number of hydrogen-bond acceptors (Lipinski definition) is 5. The molecule has 0 bridgehead atoms. The molecule has 1 aliphatic heterocycles. The van der Waals surface area contributed by atoms with E-state index in [1.54, 1.807) is 0 Å². The van der Waals surface area contributed by atoms with E-state index in [1.807, 2.05) is 54.3 Å². The van der Waals surface area contributed by atoms with E-state index < -0.39 is 0 Å². The number of piperazine rings is 1. The van der Waals surface area contributed by atoms with Crippen molar-refractivity contribution in [3.8, 4) is 5.75 Å². The van der Waals surface area contributed by atoms with Crippen molar-refractivity contribution in [1.82, 2.24) is 4.90 Å². The van der Waals surface area contributed by atoms with Crippen molar-refractivity contribution >= 4 is 17.6 Å². The van der Waals surface area contributed by atoms with E-state index in [-0.39, 0.29) is 30.6 Å². The molecule has 6 heteroatoms. The molecule has 2 unspecified atom stereocenters. The Morgan fingerprint density at radius 3 is 2.37 bits per heavy atom. The van der Waals surface area contributed by atoms with E-state index in [0.29, 0.717) is 5.75 Å². The number of ether oxygens (including phenoxy) is 2. The molecule has 0 aliphatic carbocycles. The number of benzene rings is 2. The van der Waals surface area contributed by atoms with Crippen LogP contribution in [0.15, 0.2) is 54.6 Å². The zero-order valence-corrected chi connectivity index (χ0v) is 17.9. The zero-order chi connectivity index (χ0) is 21.5. The van der Waals surface area contributed by atoms with Gasteiger partial charge in [-0.1, -0.05) is 37.3 Å². The van der Waals surface area contributed by atoms with E-state index in [1.165, 1.54) is 12.6 Å². The molecule has 2 atom stereocenters. The van der Waals surface area contributed by atoms with Crippen molar-refractivity contribution in [1.29, 1.82) is 0 Å². The van der Waals surface area contributed by atoms with Crippen LogP contribution in [0.25, 0.3) is 0 Å². The highest BCUT2D eigenvalue weighted by Gasteiger charge is 2.31. The third kappa shape index (κ3) is 5.32. The average Bonchev–Trinajstić information content (AvgIpc) is 2.75. The van der Waals surface area contributed by atoms with Crippen molar-refractivity contribution in [2.24, 2.45) is 0 Å². The van der Waals surface area contributed by atoms with E-state index >= 15 is 0 Å². The van der Waals surface area contributed by atoms with Crippen LogP contribution in [0.4, 0.5) is 5.69 Å². The summed E-state index contributed by atoms with van der Waals surface area (Å²) in [5, 5.41) is 0. The summed E-state index contributed by atoms with van der Waals surface area (Å²) in [6, 6.07) is 17.9. The summed E-state index contributed by atoms with van der Waals surface area (Å²) < 4.78 is 10.2. The lowest BCUT2D eigenvalue weighted by molar-refractivity contribution is -0.147. The summed E-state index contributed by atoms with van der Waals surface area (Å²) in [4.78, 5) is 28.5. The monoisotopic (exact) mass is 410 g/mol. The number of hydrogen-bond donors (Lipinski definition) is 0. The first-order chi connectivity index (χ1) is 14.5. The molecule has 3 rings (SSSR count). The molecule has 1 saturated heterocycles. The molecule has 1 aliphatic rings. The number of carbonyl (C=O) groups excluding carboxylic acids is 2. The van der Waals surface area contributed by atoms with Crippen LogP contribution in [-0.2, 0) is 14.3 Å². The number of anilines is 1. The van der Waals surface area contributed by atoms with Crippen LogP contribution in [-0.4, -0.2) is 49.2 Å². The molecule has 2 aromatic carbocycles. The molecule has 1 amide bonds. The van der Waals surface area contributed by atoms with Crippen LogP contribution < -0.4 is 9.64 Å². The molecular formula is C24H30N2O4. The Balaban J connectivity index is 1.62. The van der Waals surface area contributed by atoms with E-state index in [2.05, 4.69) is 24.0 Å². The maximum atomic E-state index is 13.3. The van der Waals surface area contributed by atoms with Gasteiger partial charge in [0.2, 0.25) is 12.7 Å². The summed E-state index contributed by atoms with van der Waals surface area (Å²) >= 11 is 0. The van der Waals surface area contributed by atoms with Gasteiger partial charge in [-0.3, -0.25) is 9.59 Å². The number of carbonyl (C=O) groups is 2. The highest BCUT2D eigenvalue weighted by atomic mass is 16.7. The fourth-order valence-electron chi connectivity index (χ4n) is 3.89. The minimum Gasteiger partial charge on any atom is -0.457 e. The van der Waals surface area contributed by atoms with Gasteiger partial charge < -0.3 is 19.3 Å². The number of para-hydroxylation sites is 1. The molecule has 160 valence electrons. The first kappa shape index (κ1) is 21.7. The van der Waals surface area contributed by atoms with Crippen molar-refractivity contribution < 1.29 is 19.1 Å². The van der Waals surface area contributed by atoms with Crippen LogP contribution in [0, 0.1) is 0 Å². The van der Waals surface area contributed by atoms with Crippen molar-refractivity contribution in [3.63, 3.8) is 0 Å². The predicted octanol–water partition coefficient (Wildman–Crippen LogP) is 3.82. The quantitative estimate of drug-likeness (QED) is 0.513. The van der Waals surface area contributed by atoms with Gasteiger partial charge >= 0.3 is 5.97 Å². The van der Waals surface area contributed by atoms with Gasteiger partial charge in [0.1, 0.15) is 5.75 Å². The van der Waals surface area contributed by atoms with Crippen LogP contribution in [0.5, 0.6) is 5.75 Å². The second kappa shape index (κ2) is 10.1. The summed E-state index contributed by atoms with van der Waals surface area (Å²) in [6.45, 7) is 7.76. The Morgan fingerprint density at radius 1 is 1.07 bits per heavy atom. The minimum absolute atomic E-state index is 0.117. The largest absolute Gasteiger partial charge is 0.457 e. The summed E-state index contributed by atoms with van der Waals surface area (Å²) in [7, 11) is 0. The van der Waals surface area contributed by atoms with Gasteiger partial charge in [0.05, 0.1) is 5.92 Å². The van der Waals surface area contributed by atoms with E-state index in [0.717, 1.165) is 31.6 Å². The number of amides is 1. The van der Waals surface area contributed by atoms with Crippen molar-refractivity contribution in [2.45, 2.75) is 39.2 Å². The molecule has 1 heterocycles. The van der Waals surface area contributed by atoms with Crippen LogP contribution in [0.3, 0.4) is 0 Å². The van der Waals surface area contributed by atoms with Crippen molar-refractivity contribution in [2.75, 3.05) is 31.3 Å². The molecule has 0 N–H and O–H groups in total. The molecule has 0 radical (unpaired) electrons. The molecule has 30 heavy (non-hydrogen) atoms. The van der Waals surface area contributed by atoms with Gasteiger partial charge in [-0.05, 0) is 43.2 Å². The van der Waals surface area contributed by atoms with Gasteiger partial charge in [0.25, 0.3) is 0 Å². The van der Waals surface area contributed by atoms with Gasteiger partial charge in [-0.2, -0.15) is 0 Å². The maximum Gasteiger partial charge on any atom is 0.305 e. The number of esters is 1. The van der Waals surface area contributed by atoms with Crippen LogP contribution in [0.2, 0.25) is 0 Å². The smallest absolute Gasteiger partial charge is 0.305 e. The fraction of sp³-hybridized carbons (Fsp3) is 0.417. The second-order valence-corrected chi connectivity index (χ2v) is 7.59. The minimum atomic E-state index is -0.384. The fourth-order valence-corrected chi connectivity index (χ4v) is 3.89. The van der Waals surface area contributed by atoms with Gasteiger partial charge in [-0.15, -0.1) is 0 Å². The molecule has 6 nitrogen and oxygen atoms in total. The zero-order valence-electron chi connectivity index (χ0n) is 17.9. The van der Waals surface area contributed by atoms with Crippen LogP contribution in [0.1, 0.15) is 38.7 Å². The molecular weight excluding hydrogens is 380 g/mol. The Kier molecular flexibility index (Phi) is 7.33. The SMILES string of the molecule is CCC(C(=O)N1CCN(c2ccccc2)CC1C)c1ccc(OCOC(C)=O)cc1. The molecule has 0 aromatic heterocycles. The first-order valence-corrected chi connectivity index (χ1v) is 10.5. The summed E-state index contributed by atoms with van der Waals surface area (Å²) in [5.41, 5.74) is 2.17. The highest BCUT2D eigenvalue weighted by Crippen LogP contribution is 2.27. The lowest BCUT2D eigenvalue weighted by atomic mass is 9.94. The predicted molar refractivity (Wildman–Crippen MR) is 117 cm³/mol. The Morgan fingerprint density at radius 2 is 1.77 bits per heavy atom. The third-order valence-electron chi connectivity index (χ3n) is 5.51. The highest BCUT2D eigenvalue weighted by molar-refractivity contribution is 5.84. The van der Waals surface area contributed by atoms with Gasteiger partial charge in [0.15, 0.2) is 0 Å². The topological polar surface area (TPSA) is 59.1 Å². The molecule has 0 spiro atoms. The Bertz CT molecular complexity index is 838. The summed E-state index contributed by atoms with van der Waals surface area (Å²) in [6.07, 6.45) is 0.734. The molecule has 0 saturated carbocycles. The van der Waals surface area contributed by atoms with E-state index in [9.17, 15) is 9.59 Å². The second-order valence-electron chi connectivity index (χ2n) is 7.59. The summed E-state index contributed by atoms with van der Waals surface area (Å²) in [5.74, 6) is 0.210. The van der Waals surface area contributed by atoms with Crippen LogP contribution >= 0.6 is 0 Å². The Hall–Kier alpha value is -3.02. The van der Waals surface area contributed by atoms with Gasteiger partial charge in [0, 0.05) is 38.3 Å². The number of rotatable bonds is 7. The lowest BCUT2D eigenvalue weighted by Crippen LogP contribution is -2.55. The molecule has 2 aromatic rings. The van der Waals surface area contributed by atoms with E-state index in [4.69, 9.17) is 9.47 Å². The lowest BCUT2D eigenvalue weighted by Gasteiger charge is -2.42. The Labute approximate surface area is 178 Å². The third-order valence-corrected chi connectivity index (χ3v) is 5.51. The first-order valence-electron chi connectivity index (χ1n) is 10.5.